The topological polar surface area (TPSA) is 30.5 Å². The summed E-state index contributed by atoms with van der Waals surface area (Å²) in [5.74, 6) is 1.74. The SMILES string of the molecule is CCCNC(C1CCC(CC)CC1)C1COCCO1. The second kappa shape index (κ2) is 8.23. The Bertz CT molecular complexity index is 233. The highest BCUT2D eigenvalue weighted by molar-refractivity contribution is 4.88. The second-order valence-electron chi connectivity index (χ2n) is 6.15. The largest absolute Gasteiger partial charge is 0.376 e. The Morgan fingerprint density at radius 2 is 1.89 bits per heavy atom. The summed E-state index contributed by atoms with van der Waals surface area (Å²) in [6.07, 6.45) is 8.33. The third-order valence-corrected chi connectivity index (χ3v) is 4.85. The first-order valence-electron chi connectivity index (χ1n) is 8.27. The Kier molecular flexibility index (Phi) is 6.62. The molecule has 2 rings (SSSR count). The van der Waals surface area contributed by atoms with Gasteiger partial charge in [-0.2, -0.15) is 0 Å². The Morgan fingerprint density at radius 3 is 2.47 bits per heavy atom. The molecule has 1 saturated heterocycles. The maximum absolute atomic E-state index is 5.96. The summed E-state index contributed by atoms with van der Waals surface area (Å²) in [5, 5.41) is 3.74. The minimum atomic E-state index is 0.267. The van der Waals surface area contributed by atoms with Crippen LogP contribution in [0.5, 0.6) is 0 Å². The second-order valence-corrected chi connectivity index (χ2v) is 6.15. The summed E-state index contributed by atoms with van der Waals surface area (Å²) in [6.45, 7) is 7.96. The van der Waals surface area contributed by atoms with Gasteiger partial charge in [0.05, 0.1) is 25.9 Å². The first-order valence-corrected chi connectivity index (χ1v) is 8.27. The molecule has 3 heteroatoms. The highest BCUT2D eigenvalue weighted by Gasteiger charge is 2.33. The Morgan fingerprint density at radius 1 is 1.11 bits per heavy atom. The van der Waals surface area contributed by atoms with Crippen LogP contribution in [0.15, 0.2) is 0 Å². The average Bonchev–Trinajstić information content (AvgIpc) is 2.49. The fraction of sp³-hybridized carbons (Fsp3) is 1.00. The molecule has 0 aromatic rings. The van der Waals surface area contributed by atoms with E-state index in [1.807, 2.05) is 0 Å². The van der Waals surface area contributed by atoms with Gasteiger partial charge in [-0.3, -0.25) is 0 Å². The molecular formula is C16H31NO2. The van der Waals surface area contributed by atoms with Gasteiger partial charge in [-0.15, -0.1) is 0 Å². The maximum Gasteiger partial charge on any atom is 0.0964 e. The fourth-order valence-corrected chi connectivity index (χ4v) is 3.58. The summed E-state index contributed by atoms with van der Waals surface area (Å²) in [5.41, 5.74) is 0. The lowest BCUT2D eigenvalue weighted by Crippen LogP contribution is -2.51. The van der Waals surface area contributed by atoms with Crippen molar-refractivity contribution in [1.29, 1.82) is 0 Å². The van der Waals surface area contributed by atoms with E-state index in [2.05, 4.69) is 19.2 Å². The molecule has 0 radical (unpaired) electrons. The zero-order valence-electron chi connectivity index (χ0n) is 12.7. The molecule has 3 nitrogen and oxygen atoms in total. The number of nitrogens with one attached hydrogen (secondary N) is 1. The molecule has 0 bridgehead atoms. The number of hydrogen-bond acceptors (Lipinski definition) is 3. The van der Waals surface area contributed by atoms with E-state index in [0.717, 1.165) is 38.2 Å². The quantitative estimate of drug-likeness (QED) is 0.804. The number of ether oxygens (including phenoxy) is 2. The molecule has 0 amide bonds. The Labute approximate surface area is 118 Å². The number of rotatable bonds is 6. The van der Waals surface area contributed by atoms with Crippen LogP contribution in [-0.4, -0.2) is 38.5 Å². The van der Waals surface area contributed by atoms with Gasteiger partial charge in [0.1, 0.15) is 0 Å². The lowest BCUT2D eigenvalue weighted by Gasteiger charge is -2.39. The van der Waals surface area contributed by atoms with Crippen LogP contribution in [0.4, 0.5) is 0 Å². The summed E-state index contributed by atoms with van der Waals surface area (Å²) < 4.78 is 11.6. The van der Waals surface area contributed by atoms with Crippen molar-refractivity contribution in [3.63, 3.8) is 0 Å². The van der Waals surface area contributed by atoms with Crippen LogP contribution in [0.1, 0.15) is 52.4 Å². The van der Waals surface area contributed by atoms with E-state index in [-0.39, 0.29) is 6.10 Å². The van der Waals surface area contributed by atoms with Crippen LogP contribution in [0.3, 0.4) is 0 Å². The molecule has 0 aromatic carbocycles. The predicted octanol–water partition coefficient (Wildman–Crippen LogP) is 2.99. The van der Waals surface area contributed by atoms with E-state index in [4.69, 9.17) is 9.47 Å². The van der Waals surface area contributed by atoms with E-state index in [1.54, 1.807) is 0 Å². The van der Waals surface area contributed by atoms with Gasteiger partial charge >= 0.3 is 0 Å². The van der Waals surface area contributed by atoms with E-state index >= 15 is 0 Å². The van der Waals surface area contributed by atoms with Crippen molar-refractivity contribution < 1.29 is 9.47 Å². The smallest absolute Gasteiger partial charge is 0.0964 e. The lowest BCUT2D eigenvalue weighted by molar-refractivity contribution is -0.111. The van der Waals surface area contributed by atoms with Crippen LogP contribution < -0.4 is 5.32 Å². The first-order chi connectivity index (χ1) is 9.35. The van der Waals surface area contributed by atoms with Gasteiger partial charge in [0, 0.05) is 6.04 Å². The lowest BCUT2D eigenvalue weighted by atomic mass is 9.76. The minimum absolute atomic E-state index is 0.267. The molecular weight excluding hydrogens is 238 g/mol. The van der Waals surface area contributed by atoms with Gasteiger partial charge in [-0.05, 0) is 37.6 Å². The first kappa shape index (κ1) is 15.3. The highest BCUT2D eigenvalue weighted by Crippen LogP contribution is 2.34. The van der Waals surface area contributed by atoms with Crippen molar-refractivity contribution in [2.24, 2.45) is 11.8 Å². The third-order valence-electron chi connectivity index (χ3n) is 4.85. The summed E-state index contributed by atoms with van der Waals surface area (Å²) >= 11 is 0. The zero-order valence-corrected chi connectivity index (χ0v) is 12.7. The molecule has 112 valence electrons. The molecule has 2 aliphatic rings. The van der Waals surface area contributed by atoms with Gasteiger partial charge in [0.2, 0.25) is 0 Å². The molecule has 2 atom stereocenters. The molecule has 1 aliphatic heterocycles. The highest BCUT2D eigenvalue weighted by atomic mass is 16.6. The van der Waals surface area contributed by atoms with E-state index in [1.165, 1.54) is 38.5 Å². The Balaban J connectivity index is 1.88. The molecule has 0 aromatic heterocycles. The number of hydrogen-bond donors (Lipinski definition) is 1. The van der Waals surface area contributed by atoms with Crippen molar-refractivity contribution in [3.8, 4) is 0 Å². The van der Waals surface area contributed by atoms with E-state index in [0.29, 0.717) is 6.04 Å². The molecule has 1 aliphatic carbocycles. The molecule has 2 fully saturated rings. The van der Waals surface area contributed by atoms with Crippen molar-refractivity contribution >= 4 is 0 Å². The van der Waals surface area contributed by atoms with Crippen LogP contribution in [0, 0.1) is 11.8 Å². The van der Waals surface area contributed by atoms with E-state index in [9.17, 15) is 0 Å². The summed E-state index contributed by atoms with van der Waals surface area (Å²) in [6, 6.07) is 0.498. The third kappa shape index (κ3) is 4.44. The van der Waals surface area contributed by atoms with Crippen LogP contribution in [0.2, 0.25) is 0 Å². The van der Waals surface area contributed by atoms with Crippen LogP contribution in [-0.2, 0) is 9.47 Å². The molecule has 2 unspecified atom stereocenters. The Hall–Kier alpha value is -0.120. The van der Waals surface area contributed by atoms with Crippen LogP contribution in [0.25, 0.3) is 0 Å². The standard InChI is InChI=1S/C16H31NO2/c1-3-9-17-16(15-12-18-10-11-19-15)14-7-5-13(4-2)6-8-14/h13-17H,3-12H2,1-2H3. The van der Waals surface area contributed by atoms with Crippen molar-refractivity contribution in [2.75, 3.05) is 26.4 Å². The normalized spacial score (nSPS) is 34.1. The van der Waals surface area contributed by atoms with Crippen molar-refractivity contribution in [2.45, 2.75) is 64.5 Å². The zero-order chi connectivity index (χ0) is 13.5. The summed E-state index contributed by atoms with van der Waals surface area (Å²) in [4.78, 5) is 0. The molecule has 1 N–H and O–H groups in total. The summed E-state index contributed by atoms with van der Waals surface area (Å²) in [7, 11) is 0. The van der Waals surface area contributed by atoms with Gasteiger partial charge in [0.25, 0.3) is 0 Å². The van der Waals surface area contributed by atoms with Crippen molar-refractivity contribution in [1.82, 2.24) is 5.32 Å². The predicted molar refractivity (Wildman–Crippen MR) is 78.4 cm³/mol. The van der Waals surface area contributed by atoms with E-state index < -0.39 is 0 Å². The maximum atomic E-state index is 5.96. The van der Waals surface area contributed by atoms with Crippen molar-refractivity contribution in [3.05, 3.63) is 0 Å². The molecule has 19 heavy (non-hydrogen) atoms. The molecule has 0 spiro atoms. The van der Waals surface area contributed by atoms with Gasteiger partial charge in [-0.1, -0.05) is 33.1 Å². The fourth-order valence-electron chi connectivity index (χ4n) is 3.58. The average molecular weight is 269 g/mol. The van der Waals surface area contributed by atoms with Crippen LogP contribution >= 0.6 is 0 Å². The minimum Gasteiger partial charge on any atom is -0.376 e. The van der Waals surface area contributed by atoms with Gasteiger partial charge < -0.3 is 14.8 Å². The monoisotopic (exact) mass is 269 g/mol. The molecule has 1 heterocycles. The molecule has 1 saturated carbocycles. The van der Waals surface area contributed by atoms with Gasteiger partial charge in [-0.25, -0.2) is 0 Å². The van der Waals surface area contributed by atoms with Gasteiger partial charge in [0.15, 0.2) is 0 Å².